The van der Waals surface area contributed by atoms with Crippen molar-refractivity contribution in [2.24, 2.45) is 0 Å². The van der Waals surface area contributed by atoms with Gasteiger partial charge in [0.1, 0.15) is 8.78 Å². The number of thiocarbonyl (C=S) groups is 1. The Morgan fingerprint density at radius 1 is 0.510 bits per heavy atom. The minimum atomic E-state index is -0.202. The summed E-state index contributed by atoms with van der Waals surface area (Å²) in [7, 11) is 0. The van der Waals surface area contributed by atoms with Crippen molar-refractivity contribution in [2.75, 3.05) is 38.5 Å². The summed E-state index contributed by atoms with van der Waals surface area (Å²) < 4.78 is 7.84. The van der Waals surface area contributed by atoms with Crippen LogP contribution in [0.3, 0.4) is 0 Å². The second-order valence-corrected chi connectivity index (χ2v) is 18.7. The molecule has 0 rings (SSSR count). The van der Waals surface area contributed by atoms with Gasteiger partial charge in [0.2, 0.25) is 0 Å². The van der Waals surface area contributed by atoms with Crippen molar-refractivity contribution in [1.82, 2.24) is 0 Å². The van der Waals surface area contributed by atoms with E-state index < -0.39 is 0 Å². The van der Waals surface area contributed by atoms with Crippen LogP contribution in [0, 0.1) is 0 Å². The molecule has 0 amide bonds. The van der Waals surface area contributed by atoms with E-state index in [0.717, 1.165) is 22.1 Å². The third-order valence-corrected chi connectivity index (χ3v) is 13.1. The van der Waals surface area contributed by atoms with E-state index in [9.17, 15) is 4.79 Å². The van der Waals surface area contributed by atoms with Gasteiger partial charge >= 0.3 is 5.97 Å². The number of unbranched alkanes of at least 4 members (excludes halogenated alkanes) is 24. The van der Waals surface area contributed by atoms with Crippen molar-refractivity contribution in [2.45, 2.75) is 226 Å². The standard InChI is InChI=1S/C43H86NO2S3/c1-6-10-14-17-25-30-35-44(36-31-26-18-15-11-7-2,37-32-27-19-16-12-8-3)38-33-28-23-21-20-22-24-29-34-39-46-42(45)41(5)49-43(47)48-40-13-9-4/h41H,6-40H2,1-5H3/q+1. The quantitative estimate of drug-likeness (QED) is 0.0271. The Kier molecular flexibility index (Phi) is 38.1. The minimum Gasteiger partial charge on any atom is -0.465 e. The molecule has 0 heterocycles. The van der Waals surface area contributed by atoms with Gasteiger partial charge in [-0.1, -0.05) is 174 Å². The third kappa shape index (κ3) is 32.6. The first kappa shape index (κ1) is 49.2. The van der Waals surface area contributed by atoms with Crippen molar-refractivity contribution >= 4 is 45.2 Å². The molecule has 1 atom stereocenters. The van der Waals surface area contributed by atoms with Gasteiger partial charge in [0, 0.05) is 0 Å². The fourth-order valence-electron chi connectivity index (χ4n) is 6.96. The van der Waals surface area contributed by atoms with Crippen molar-refractivity contribution in [1.29, 1.82) is 0 Å². The molecule has 0 N–H and O–H groups in total. The Labute approximate surface area is 322 Å². The highest BCUT2D eigenvalue weighted by Gasteiger charge is 2.26. The summed E-state index contributed by atoms with van der Waals surface area (Å²) >= 11 is 8.59. The number of nitrogens with zero attached hydrogens (tertiary/aromatic N) is 1. The van der Waals surface area contributed by atoms with E-state index >= 15 is 0 Å². The van der Waals surface area contributed by atoms with Gasteiger partial charge < -0.3 is 9.22 Å². The molecule has 0 aliphatic heterocycles. The van der Waals surface area contributed by atoms with Gasteiger partial charge in [0.15, 0.2) is 0 Å². The Balaban J connectivity index is 4.46. The number of rotatable bonds is 38. The molecule has 0 spiro atoms. The van der Waals surface area contributed by atoms with Gasteiger partial charge in [-0.05, 0) is 76.9 Å². The van der Waals surface area contributed by atoms with Gasteiger partial charge in [-0.3, -0.25) is 4.79 Å². The summed E-state index contributed by atoms with van der Waals surface area (Å²) in [4.78, 5) is 12.3. The third-order valence-electron chi connectivity index (χ3n) is 10.3. The highest BCUT2D eigenvalue weighted by atomic mass is 32.2. The summed E-state index contributed by atoms with van der Waals surface area (Å²) in [5.74, 6) is 0.930. The second kappa shape index (κ2) is 38.0. The fourth-order valence-corrected chi connectivity index (χ4v) is 9.65. The number of carbonyl (C=O) groups is 1. The molecule has 292 valence electrons. The number of hydrogen-bond donors (Lipinski definition) is 0. The highest BCUT2D eigenvalue weighted by molar-refractivity contribution is 8.47. The number of carbonyl (C=O) groups excluding carboxylic acids is 1. The van der Waals surface area contributed by atoms with Crippen LogP contribution in [0.2, 0.25) is 0 Å². The summed E-state index contributed by atoms with van der Waals surface area (Å²) in [5, 5.41) is -0.202. The average Bonchev–Trinajstić information content (AvgIpc) is 3.09. The molecule has 0 bridgehead atoms. The molecular weight excluding hydrogens is 659 g/mol. The Morgan fingerprint density at radius 2 is 0.837 bits per heavy atom. The molecule has 0 radical (unpaired) electrons. The van der Waals surface area contributed by atoms with Gasteiger partial charge in [-0.2, -0.15) is 0 Å². The molecule has 6 heteroatoms. The number of hydrogen-bond acceptors (Lipinski definition) is 5. The van der Waals surface area contributed by atoms with Crippen LogP contribution in [0.1, 0.15) is 221 Å². The molecule has 0 aromatic rings. The smallest absolute Gasteiger partial charge is 0.319 e. The predicted octanol–water partition coefficient (Wildman–Crippen LogP) is 14.9. The van der Waals surface area contributed by atoms with E-state index in [1.54, 1.807) is 11.8 Å². The zero-order chi connectivity index (χ0) is 36.1. The van der Waals surface area contributed by atoms with Gasteiger partial charge in [0.25, 0.3) is 0 Å². The maximum absolute atomic E-state index is 12.3. The number of esters is 1. The molecular formula is C43H86NO2S3+. The summed E-state index contributed by atoms with van der Waals surface area (Å²) in [5.41, 5.74) is 0. The van der Waals surface area contributed by atoms with Crippen LogP contribution in [-0.4, -0.2) is 57.8 Å². The maximum atomic E-state index is 12.3. The van der Waals surface area contributed by atoms with E-state index in [1.165, 1.54) is 216 Å². The molecule has 0 aromatic heterocycles. The van der Waals surface area contributed by atoms with Gasteiger partial charge in [-0.25, -0.2) is 0 Å². The summed E-state index contributed by atoms with van der Waals surface area (Å²) in [6, 6.07) is 0. The number of thioether (sulfide) groups is 2. The van der Waals surface area contributed by atoms with Crippen molar-refractivity contribution in [3.05, 3.63) is 0 Å². The lowest BCUT2D eigenvalue weighted by atomic mass is 10.0. The van der Waals surface area contributed by atoms with Crippen LogP contribution in [0.25, 0.3) is 0 Å². The first-order chi connectivity index (χ1) is 23.9. The lowest BCUT2D eigenvalue weighted by Crippen LogP contribution is -2.50. The zero-order valence-electron chi connectivity index (χ0n) is 33.8. The summed E-state index contributed by atoms with van der Waals surface area (Å²) in [6.07, 6.45) is 39.6. The maximum Gasteiger partial charge on any atom is 0.319 e. The molecule has 0 saturated carbocycles. The molecule has 0 aliphatic carbocycles. The zero-order valence-corrected chi connectivity index (χ0v) is 36.3. The average molecular weight is 745 g/mol. The lowest BCUT2D eigenvalue weighted by molar-refractivity contribution is -0.929. The normalized spacial score (nSPS) is 12.4. The van der Waals surface area contributed by atoms with Crippen LogP contribution >= 0.6 is 35.7 Å². The van der Waals surface area contributed by atoms with E-state index in [0.29, 0.717) is 6.61 Å². The SMILES string of the molecule is CCCCCCCC[N+](CCCCCCCC)(CCCCCCCC)CCCCCCCCCCCOC(=O)C(C)SC(=S)SCCCC. The van der Waals surface area contributed by atoms with Crippen LogP contribution < -0.4 is 0 Å². The molecule has 3 nitrogen and oxygen atoms in total. The highest BCUT2D eigenvalue weighted by Crippen LogP contribution is 2.24. The van der Waals surface area contributed by atoms with Crippen LogP contribution in [0.4, 0.5) is 0 Å². The Bertz CT molecular complexity index is 678. The van der Waals surface area contributed by atoms with Gasteiger partial charge in [0.05, 0.1) is 32.8 Å². The van der Waals surface area contributed by atoms with Gasteiger partial charge in [-0.15, -0.1) is 11.8 Å². The van der Waals surface area contributed by atoms with E-state index in [1.807, 2.05) is 6.92 Å². The lowest BCUT2D eigenvalue weighted by Gasteiger charge is -2.40. The topological polar surface area (TPSA) is 26.3 Å². The molecule has 49 heavy (non-hydrogen) atoms. The molecule has 0 aliphatic rings. The Morgan fingerprint density at radius 3 is 1.20 bits per heavy atom. The van der Waals surface area contributed by atoms with Crippen LogP contribution in [0.15, 0.2) is 0 Å². The number of quaternary nitrogens is 1. The van der Waals surface area contributed by atoms with Crippen molar-refractivity contribution in [3.8, 4) is 0 Å². The monoisotopic (exact) mass is 745 g/mol. The van der Waals surface area contributed by atoms with E-state index in [-0.39, 0.29) is 11.2 Å². The molecule has 0 fully saturated rings. The second-order valence-electron chi connectivity index (χ2n) is 15.1. The molecule has 0 saturated heterocycles. The van der Waals surface area contributed by atoms with Crippen LogP contribution in [0.5, 0.6) is 0 Å². The minimum absolute atomic E-state index is 0.114. The molecule has 1 unspecified atom stereocenters. The molecule has 0 aromatic carbocycles. The first-order valence-corrected chi connectivity index (χ1v) is 24.1. The van der Waals surface area contributed by atoms with Crippen molar-refractivity contribution < 1.29 is 14.0 Å². The van der Waals surface area contributed by atoms with Crippen molar-refractivity contribution in [3.63, 3.8) is 0 Å². The van der Waals surface area contributed by atoms with E-state index in [2.05, 4.69) is 27.7 Å². The summed E-state index contributed by atoms with van der Waals surface area (Å²) in [6.45, 7) is 17.4. The first-order valence-electron chi connectivity index (χ1n) is 21.8. The van der Waals surface area contributed by atoms with E-state index in [4.69, 9.17) is 17.0 Å². The predicted molar refractivity (Wildman–Crippen MR) is 229 cm³/mol. The largest absolute Gasteiger partial charge is 0.465 e. The van der Waals surface area contributed by atoms with Crippen LogP contribution in [-0.2, 0) is 9.53 Å². The Hall–Kier alpha value is 0.220. The number of ether oxygens (including phenoxy) is 1. The fraction of sp³-hybridized carbons (Fsp3) is 0.953.